The van der Waals surface area contributed by atoms with Crippen LogP contribution in [0.2, 0.25) is 5.02 Å². The van der Waals surface area contributed by atoms with Crippen LogP contribution in [0, 0.1) is 5.82 Å². The Balaban J connectivity index is 1.54. The van der Waals surface area contributed by atoms with E-state index in [1.165, 1.54) is 38.7 Å². The number of nitrogens with zero attached hydrogens (tertiary/aromatic N) is 4. The molecule has 11 heteroatoms. The van der Waals surface area contributed by atoms with Crippen molar-refractivity contribution in [3.63, 3.8) is 0 Å². The van der Waals surface area contributed by atoms with E-state index >= 15 is 0 Å². The Morgan fingerprint density at radius 1 is 1.12 bits per heavy atom. The van der Waals surface area contributed by atoms with Gasteiger partial charge in [-0.05, 0) is 47.3 Å². The van der Waals surface area contributed by atoms with Crippen LogP contribution >= 0.6 is 22.9 Å². The number of hydrogen-bond donors (Lipinski definition) is 0. The van der Waals surface area contributed by atoms with Crippen molar-refractivity contribution in [1.29, 1.82) is 0 Å². The molecule has 172 valence electrons. The van der Waals surface area contributed by atoms with Crippen molar-refractivity contribution in [2.45, 2.75) is 13.1 Å². The summed E-state index contributed by atoms with van der Waals surface area (Å²) in [7, 11) is 1.55. The summed E-state index contributed by atoms with van der Waals surface area (Å²) in [6.07, 6.45) is 0. The van der Waals surface area contributed by atoms with Crippen molar-refractivity contribution in [2.75, 3.05) is 7.11 Å². The lowest BCUT2D eigenvalue weighted by Crippen LogP contribution is -2.40. The molecule has 0 N–H and O–H groups in total. The molecule has 0 aliphatic heterocycles. The van der Waals surface area contributed by atoms with Gasteiger partial charge in [0.1, 0.15) is 22.8 Å². The van der Waals surface area contributed by atoms with Crippen molar-refractivity contribution >= 4 is 33.2 Å². The van der Waals surface area contributed by atoms with E-state index in [2.05, 4.69) is 10.1 Å². The molecule has 3 heterocycles. The topological polar surface area (TPSA) is 92.2 Å². The zero-order valence-electron chi connectivity index (χ0n) is 17.7. The molecule has 0 radical (unpaired) electrons. The molecule has 0 aliphatic rings. The molecule has 0 aliphatic carbocycles. The Labute approximate surface area is 200 Å². The Kier molecular flexibility index (Phi) is 5.76. The van der Waals surface area contributed by atoms with Crippen LogP contribution in [-0.4, -0.2) is 26.4 Å². The summed E-state index contributed by atoms with van der Waals surface area (Å²) in [5.41, 5.74) is 0.808. The fraction of sp³-hybridized carbons (Fsp3) is 0.130. The van der Waals surface area contributed by atoms with Gasteiger partial charge < -0.3 is 9.26 Å². The molecule has 0 spiro atoms. The van der Waals surface area contributed by atoms with Crippen LogP contribution in [0.25, 0.3) is 21.6 Å². The number of hydrogen-bond acceptors (Lipinski definition) is 7. The maximum Gasteiger partial charge on any atom is 0.332 e. The number of thiophene rings is 1. The van der Waals surface area contributed by atoms with E-state index in [0.717, 1.165) is 5.56 Å². The van der Waals surface area contributed by atoms with Gasteiger partial charge >= 0.3 is 5.69 Å². The number of rotatable bonds is 6. The van der Waals surface area contributed by atoms with E-state index < -0.39 is 11.5 Å². The van der Waals surface area contributed by atoms with Crippen molar-refractivity contribution in [3.8, 4) is 17.1 Å². The van der Waals surface area contributed by atoms with Crippen molar-refractivity contribution in [2.24, 2.45) is 0 Å². The fourth-order valence-electron chi connectivity index (χ4n) is 3.59. The smallest absolute Gasteiger partial charge is 0.332 e. The van der Waals surface area contributed by atoms with Crippen LogP contribution < -0.4 is 16.0 Å². The lowest BCUT2D eigenvalue weighted by atomic mass is 10.2. The molecule has 0 unspecified atom stereocenters. The highest BCUT2D eigenvalue weighted by atomic mass is 35.5. The minimum Gasteiger partial charge on any atom is -0.497 e. The van der Waals surface area contributed by atoms with E-state index in [0.29, 0.717) is 21.5 Å². The van der Waals surface area contributed by atoms with Gasteiger partial charge in [-0.2, -0.15) is 4.98 Å². The summed E-state index contributed by atoms with van der Waals surface area (Å²) in [5.74, 6) is 0.425. The highest BCUT2D eigenvalue weighted by Crippen LogP contribution is 2.23. The van der Waals surface area contributed by atoms with Crippen LogP contribution in [0.3, 0.4) is 0 Å². The standard InChI is InChI=1S/C23H16ClFN4O4S/c1-32-15-4-2-3-13(9-15)11-29-22(30)20-18(7-8-34-20)28(23(29)31)12-19-26-21(27-33-19)14-5-6-17(25)16(24)10-14/h2-10H,11-12H2,1H3. The monoisotopic (exact) mass is 498 g/mol. The molecule has 2 aromatic carbocycles. The first-order valence-electron chi connectivity index (χ1n) is 10.1. The van der Waals surface area contributed by atoms with Crippen molar-refractivity contribution < 1.29 is 13.7 Å². The molecule has 0 saturated carbocycles. The molecule has 5 aromatic rings. The Hall–Kier alpha value is -3.76. The van der Waals surface area contributed by atoms with Crippen LogP contribution in [0.15, 0.2) is 68.0 Å². The zero-order valence-corrected chi connectivity index (χ0v) is 19.3. The SMILES string of the molecule is COc1cccc(Cn2c(=O)c3sccc3n(Cc3nc(-c4ccc(F)c(Cl)c4)no3)c2=O)c1. The van der Waals surface area contributed by atoms with Gasteiger partial charge in [-0.1, -0.05) is 28.9 Å². The third-order valence-electron chi connectivity index (χ3n) is 5.25. The van der Waals surface area contributed by atoms with Crippen molar-refractivity contribution in [3.05, 3.63) is 97.0 Å². The lowest BCUT2D eigenvalue weighted by Gasteiger charge is -2.11. The number of fused-ring (bicyclic) bond motifs is 1. The van der Waals surface area contributed by atoms with Gasteiger partial charge in [-0.3, -0.25) is 13.9 Å². The lowest BCUT2D eigenvalue weighted by molar-refractivity contribution is 0.369. The number of ether oxygens (including phenoxy) is 1. The third-order valence-corrected chi connectivity index (χ3v) is 6.43. The predicted octanol–water partition coefficient (Wildman–Crippen LogP) is 4.17. The van der Waals surface area contributed by atoms with E-state index in [4.69, 9.17) is 20.9 Å². The van der Waals surface area contributed by atoms with Gasteiger partial charge in [-0.15, -0.1) is 11.3 Å². The average Bonchev–Trinajstić information content (AvgIpc) is 3.51. The first-order valence-corrected chi connectivity index (χ1v) is 11.3. The Bertz CT molecular complexity index is 1640. The molecule has 8 nitrogen and oxygen atoms in total. The predicted molar refractivity (Wildman–Crippen MR) is 126 cm³/mol. The second kappa shape index (κ2) is 8.88. The minimum absolute atomic E-state index is 0.0492. The quantitative estimate of drug-likeness (QED) is 0.349. The van der Waals surface area contributed by atoms with Crippen molar-refractivity contribution in [1.82, 2.24) is 19.3 Å². The second-order valence-corrected chi connectivity index (χ2v) is 8.71. The molecule has 0 fully saturated rings. The van der Waals surface area contributed by atoms with Gasteiger partial charge in [0.25, 0.3) is 5.56 Å². The summed E-state index contributed by atoms with van der Waals surface area (Å²) in [4.78, 5) is 30.7. The number of benzene rings is 2. The molecule has 0 saturated heterocycles. The number of methoxy groups -OCH3 is 1. The fourth-order valence-corrected chi connectivity index (χ4v) is 4.61. The molecule has 0 amide bonds. The first-order chi connectivity index (χ1) is 16.4. The highest BCUT2D eigenvalue weighted by molar-refractivity contribution is 7.17. The van der Waals surface area contributed by atoms with Crippen LogP contribution in [0.1, 0.15) is 11.5 Å². The zero-order chi connectivity index (χ0) is 23.8. The second-order valence-electron chi connectivity index (χ2n) is 7.39. The Morgan fingerprint density at radius 2 is 1.97 bits per heavy atom. The van der Waals surface area contributed by atoms with E-state index in [1.807, 2.05) is 6.07 Å². The molecule has 3 aromatic heterocycles. The van der Waals surface area contributed by atoms with E-state index in [-0.39, 0.29) is 35.4 Å². The summed E-state index contributed by atoms with van der Waals surface area (Å²) in [5, 5.41) is 5.60. The van der Waals surface area contributed by atoms with Gasteiger partial charge in [-0.25, -0.2) is 9.18 Å². The Morgan fingerprint density at radius 3 is 2.76 bits per heavy atom. The molecular weight excluding hydrogens is 483 g/mol. The van der Waals surface area contributed by atoms with Gasteiger partial charge in [0, 0.05) is 5.56 Å². The van der Waals surface area contributed by atoms with Crippen LogP contribution in [0.4, 0.5) is 4.39 Å². The van der Waals surface area contributed by atoms with Crippen LogP contribution in [-0.2, 0) is 13.1 Å². The highest BCUT2D eigenvalue weighted by Gasteiger charge is 2.18. The number of halogens is 2. The maximum atomic E-state index is 13.5. The summed E-state index contributed by atoms with van der Waals surface area (Å²) in [6.45, 7) is 0.0260. The van der Waals surface area contributed by atoms with E-state index in [1.54, 1.807) is 36.8 Å². The minimum atomic E-state index is -0.557. The molecule has 0 bridgehead atoms. The summed E-state index contributed by atoms with van der Waals surface area (Å²) >= 11 is 7.10. The third kappa shape index (κ3) is 4.02. The first kappa shape index (κ1) is 22.1. The number of aromatic nitrogens is 4. The van der Waals surface area contributed by atoms with E-state index in [9.17, 15) is 14.0 Å². The van der Waals surface area contributed by atoms with Gasteiger partial charge in [0.05, 0.1) is 24.2 Å². The molecule has 34 heavy (non-hydrogen) atoms. The van der Waals surface area contributed by atoms with Gasteiger partial charge in [0.15, 0.2) is 0 Å². The molecule has 0 atom stereocenters. The molecule has 5 rings (SSSR count). The average molecular weight is 499 g/mol. The normalized spacial score (nSPS) is 11.3. The largest absolute Gasteiger partial charge is 0.497 e. The maximum absolute atomic E-state index is 13.5. The summed E-state index contributed by atoms with van der Waals surface area (Å²) < 4.78 is 27.1. The summed E-state index contributed by atoms with van der Waals surface area (Å²) in [6, 6.07) is 13.0. The van der Waals surface area contributed by atoms with Crippen LogP contribution in [0.5, 0.6) is 5.75 Å². The molecular formula is C23H16ClFN4O4S. The van der Waals surface area contributed by atoms with Gasteiger partial charge in [0.2, 0.25) is 11.7 Å².